The topological polar surface area (TPSA) is 38.0 Å². The van der Waals surface area contributed by atoms with Gasteiger partial charge in [-0.1, -0.05) is 51.5 Å². The second-order valence-electron chi connectivity index (χ2n) is 5.59. The van der Waals surface area contributed by atoms with Crippen LogP contribution in [-0.2, 0) is 6.42 Å². The van der Waals surface area contributed by atoms with E-state index >= 15 is 0 Å². The van der Waals surface area contributed by atoms with Crippen molar-refractivity contribution in [2.24, 2.45) is 17.6 Å². The number of nitrogens with one attached hydrogen (secondary N) is 1. The minimum absolute atomic E-state index is 0.135. The lowest BCUT2D eigenvalue weighted by atomic mass is 9.90. The average Bonchev–Trinajstić information content (AvgIpc) is 2.35. The van der Waals surface area contributed by atoms with Crippen LogP contribution in [0.1, 0.15) is 44.4 Å². The second kappa shape index (κ2) is 7.55. The van der Waals surface area contributed by atoms with Crippen LogP contribution in [-0.4, -0.2) is 13.6 Å². The van der Waals surface area contributed by atoms with E-state index in [1.807, 2.05) is 7.05 Å². The van der Waals surface area contributed by atoms with Crippen molar-refractivity contribution in [1.82, 2.24) is 5.32 Å². The third kappa shape index (κ3) is 4.43. The zero-order valence-corrected chi connectivity index (χ0v) is 12.2. The van der Waals surface area contributed by atoms with E-state index in [2.05, 4.69) is 50.4 Å². The van der Waals surface area contributed by atoms with Gasteiger partial charge in [-0.3, -0.25) is 0 Å². The van der Waals surface area contributed by atoms with Gasteiger partial charge in [-0.25, -0.2) is 0 Å². The van der Waals surface area contributed by atoms with E-state index in [9.17, 15) is 0 Å². The molecular weight excluding hydrogens is 220 g/mol. The third-order valence-electron chi connectivity index (χ3n) is 3.51. The average molecular weight is 248 g/mol. The van der Waals surface area contributed by atoms with Gasteiger partial charge in [0.15, 0.2) is 0 Å². The first-order chi connectivity index (χ1) is 8.58. The molecule has 0 amide bonds. The molecule has 18 heavy (non-hydrogen) atoms. The Morgan fingerprint density at radius 3 is 2.22 bits per heavy atom. The Kier molecular flexibility index (Phi) is 6.37. The smallest absolute Gasteiger partial charge is 0.0335 e. The lowest BCUT2D eigenvalue weighted by Crippen LogP contribution is -2.29. The van der Waals surface area contributed by atoms with Gasteiger partial charge in [0.1, 0.15) is 0 Å². The van der Waals surface area contributed by atoms with E-state index < -0.39 is 0 Å². The van der Waals surface area contributed by atoms with Crippen molar-refractivity contribution in [2.45, 2.75) is 39.7 Å². The van der Waals surface area contributed by atoms with Crippen molar-refractivity contribution in [1.29, 1.82) is 0 Å². The van der Waals surface area contributed by atoms with Crippen LogP contribution < -0.4 is 11.1 Å². The molecule has 2 nitrogen and oxygen atoms in total. The summed E-state index contributed by atoms with van der Waals surface area (Å²) in [4.78, 5) is 0. The van der Waals surface area contributed by atoms with Crippen LogP contribution in [0, 0.1) is 11.8 Å². The molecule has 0 saturated carbocycles. The van der Waals surface area contributed by atoms with E-state index in [1.54, 1.807) is 0 Å². The Balaban J connectivity index is 2.71. The second-order valence-corrected chi connectivity index (χ2v) is 5.59. The minimum atomic E-state index is 0.135. The van der Waals surface area contributed by atoms with Crippen molar-refractivity contribution in [3.8, 4) is 0 Å². The maximum atomic E-state index is 6.35. The predicted molar refractivity (Wildman–Crippen MR) is 79.6 cm³/mol. The molecule has 2 heteroatoms. The molecule has 0 spiro atoms. The molecule has 1 aromatic carbocycles. The molecule has 2 unspecified atom stereocenters. The molecule has 0 heterocycles. The van der Waals surface area contributed by atoms with Gasteiger partial charge in [0.25, 0.3) is 0 Å². The van der Waals surface area contributed by atoms with Gasteiger partial charge in [-0.2, -0.15) is 0 Å². The largest absolute Gasteiger partial charge is 0.324 e. The van der Waals surface area contributed by atoms with E-state index in [1.165, 1.54) is 11.1 Å². The first-order valence-corrected chi connectivity index (χ1v) is 7.07. The molecule has 0 radical (unpaired) electrons. The first kappa shape index (κ1) is 15.2. The summed E-state index contributed by atoms with van der Waals surface area (Å²) in [7, 11) is 1.99. The summed E-state index contributed by atoms with van der Waals surface area (Å²) in [6, 6.07) is 8.97. The predicted octanol–water partition coefficient (Wildman–Crippen LogP) is 3.13. The Morgan fingerprint density at radius 2 is 1.78 bits per heavy atom. The zero-order chi connectivity index (χ0) is 13.5. The maximum absolute atomic E-state index is 6.35. The fraction of sp³-hybridized carbons (Fsp3) is 0.625. The molecule has 0 bridgehead atoms. The molecule has 0 aliphatic carbocycles. The fourth-order valence-electron chi connectivity index (χ4n) is 2.41. The normalized spacial score (nSPS) is 14.8. The number of hydrogen-bond donors (Lipinski definition) is 2. The Morgan fingerprint density at radius 1 is 1.17 bits per heavy atom. The summed E-state index contributed by atoms with van der Waals surface area (Å²) in [5.41, 5.74) is 9.01. The van der Waals surface area contributed by atoms with Crippen LogP contribution in [0.3, 0.4) is 0 Å². The van der Waals surface area contributed by atoms with Gasteiger partial charge >= 0.3 is 0 Å². The van der Waals surface area contributed by atoms with Gasteiger partial charge in [0.05, 0.1) is 0 Å². The number of nitrogens with two attached hydrogens (primary N) is 1. The van der Waals surface area contributed by atoms with E-state index in [-0.39, 0.29) is 6.04 Å². The van der Waals surface area contributed by atoms with Crippen molar-refractivity contribution in [3.63, 3.8) is 0 Å². The molecule has 1 rings (SSSR count). The molecule has 0 saturated heterocycles. The van der Waals surface area contributed by atoms with Gasteiger partial charge in [0.2, 0.25) is 0 Å². The van der Waals surface area contributed by atoms with Crippen molar-refractivity contribution in [3.05, 3.63) is 35.4 Å². The highest BCUT2D eigenvalue weighted by Gasteiger charge is 2.16. The quantitative estimate of drug-likeness (QED) is 0.778. The monoisotopic (exact) mass is 248 g/mol. The van der Waals surface area contributed by atoms with E-state index in [0.29, 0.717) is 11.8 Å². The lowest BCUT2D eigenvalue weighted by molar-refractivity contribution is 0.403. The standard InChI is InChI=1S/C16H28N2/c1-5-14(11-18-4)16(17)15-8-6-13(7-9-15)10-12(2)3/h6-9,12,14,16,18H,5,10-11,17H2,1-4H3. The highest BCUT2D eigenvalue weighted by atomic mass is 14.8. The molecule has 0 aromatic heterocycles. The highest BCUT2D eigenvalue weighted by Crippen LogP contribution is 2.22. The van der Waals surface area contributed by atoms with Crippen LogP contribution in [0.15, 0.2) is 24.3 Å². The number of hydrogen-bond acceptors (Lipinski definition) is 2. The molecule has 0 aliphatic heterocycles. The summed E-state index contributed by atoms with van der Waals surface area (Å²) < 4.78 is 0. The first-order valence-electron chi connectivity index (χ1n) is 7.07. The molecule has 1 aromatic rings. The summed E-state index contributed by atoms with van der Waals surface area (Å²) >= 11 is 0. The van der Waals surface area contributed by atoms with Crippen LogP contribution >= 0.6 is 0 Å². The summed E-state index contributed by atoms with van der Waals surface area (Å²) in [5.74, 6) is 1.21. The van der Waals surface area contributed by atoms with Crippen molar-refractivity contribution in [2.75, 3.05) is 13.6 Å². The van der Waals surface area contributed by atoms with Gasteiger partial charge < -0.3 is 11.1 Å². The Labute approximate surface area is 112 Å². The summed E-state index contributed by atoms with van der Waals surface area (Å²) in [6.07, 6.45) is 2.25. The van der Waals surface area contributed by atoms with Crippen LogP contribution in [0.2, 0.25) is 0 Å². The van der Waals surface area contributed by atoms with Crippen molar-refractivity contribution >= 4 is 0 Å². The SMILES string of the molecule is CCC(CNC)C(N)c1ccc(CC(C)C)cc1. The Bertz CT molecular complexity index is 329. The summed E-state index contributed by atoms with van der Waals surface area (Å²) in [5, 5.41) is 3.23. The lowest BCUT2D eigenvalue weighted by Gasteiger charge is -2.23. The summed E-state index contributed by atoms with van der Waals surface area (Å²) in [6.45, 7) is 7.68. The molecule has 102 valence electrons. The minimum Gasteiger partial charge on any atom is -0.324 e. The third-order valence-corrected chi connectivity index (χ3v) is 3.51. The van der Waals surface area contributed by atoms with Crippen LogP contribution in [0.25, 0.3) is 0 Å². The highest BCUT2D eigenvalue weighted by molar-refractivity contribution is 5.25. The zero-order valence-electron chi connectivity index (χ0n) is 12.2. The van der Waals surface area contributed by atoms with Crippen LogP contribution in [0.4, 0.5) is 0 Å². The Hall–Kier alpha value is -0.860. The number of rotatable bonds is 7. The van der Waals surface area contributed by atoms with Gasteiger partial charge in [-0.15, -0.1) is 0 Å². The number of benzene rings is 1. The van der Waals surface area contributed by atoms with Crippen molar-refractivity contribution < 1.29 is 0 Å². The van der Waals surface area contributed by atoms with E-state index in [4.69, 9.17) is 5.73 Å². The maximum Gasteiger partial charge on any atom is 0.0335 e. The molecule has 3 N–H and O–H groups in total. The fourth-order valence-corrected chi connectivity index (χ4v) is 2.41. The van der Waals surface area contributed by atoms with E-state index in [0.717, 1.165) is 19.4 Å². The molecule has 2 atom stereocenters. The molecule has 0 fully saturated rings. The molecule has 0 aliphatic rings. The van der Waals surface area contributed by atoms with Crippen LogP contribution in [0.5, 0.6) is 0 Å². The van der Waals surface area contributed by atoms with Gasteiger partial charge in [-0.05, 0) is 43.0 Å². The van der Waals surface area contributed by atoms with Gasteiger partial charge in [0, 0.05) is 6.04 Å². The molecular formula is C16H28N2.